The number of benzene rings is 4. The lowest BCUT2D eigenvalue weighted by atomic mass is 10.0. The van der Waals surface area contributed by atoms with E-state index in [1.165, 1.54) is 5.56 Å². The molecule has 0 aliphatic heterocycles. The second-order valence-corrected chi connectivity index (χ2v) is 10.9. The minimum Gasteiger partial charge on any atom is -0.481 e. The minimum absolute atomic E-state index is 0.0819. The molecule has 1 amide bonds. The molecule has 1 aromatic heterocycles. The number of hydrogen-bond donors (Lipinski definition) is 2. The van der Waals surface area contributed by atoms with E-state index < -0.39 is 5.97 Å². The fraction of sp³-hybridized carbons (Fsp3) is 0.0938. The van der Waals surface area contributed by atoms with Crippen LogP contribution in [0.4, 0.5) is 10.8 Å². The highest BCUT2D eigenvalue weighted by Crippen LogP contribution is 2.34. The summed E-state index contributed by atoms with van der Waals surface area (Å²) < 4.78 is 0.993. The van der Waals surface area contributed by atoms with Crippen LogP contribution in [0.15, 0.2) is 113 Å². The van der Waals surface area contributed by atoms with E-state index >= 15 is 0 Å². The molecular weight excluding hydrogens is 586 g/mol. The van der Waals surface area contributed by atoms with E-state index in [1.54, 1.807) is 23.5 Å². The van der Waals surface area contributed by atoms with Gasteiger partial charge in [0.2, 0.25) is 0 Å². The lowest BCUT2D eigenvalue weighted by molar-refractivity contribution is -0.136. The number of carboxylic acid groups (broad SMARTS) is 1. The van der Waals surface area contributed by atoms with Crippen molar-refractivity contribution in [2.75, 3.05) is 11.4 Å². The number of nitrogens with zero attached hydrogens (tertiary/aromatic N) is 2. The molecule has 0 saturated heterocycles. The van der Waals surface area contributed by atoms with Crippen molar-refractivity contribution in [2.24, 2.45) is 0 Å². The monoisotopic (exact) mass is 611 g/mol. The fourth-order valence-corrected chi connectivity index (χ4v) is 5.48. The number of thiazole rings is 1. The van der Waals surface area contributed by atoms with Crippen LogP contribution >= 0.6 is 27.3 Å². The summed E-state index contributed by atoms with van der Waals surface area (Å²) in [4.78, 5) is 30.3. The molecule has 0 aliphatic rings. The van der Waals surface area contributed by atoms with Crippen LogP contribution in [0.1, 0.15) is 22.3 Å². The number of aromatic nitrogens is 1. The summed E-state index contributed by atoms with van der Waals surface area (Å²) >= 11 is 5.10. The van der Waals surface area contributed by atoms with Crippen molar-refractivity contribution in [1.29, 1.82) is 0 Å². The molecule has 0 bridgehead atoms. The molecule has 200 valence electrons. The standard InChI is InChI=1S/C32H26BrN3O3S/c33-27-8-4-7-26(19-27)29-21-40-32(35-29)36(20-22-9-11-24(12-10-22)23-5-2-1-3-6-23)28-15-13-25(14-16-28)31(39)34-18-17-30(37)38/h1-16,19,21H,17-18,20H2,(H,34,39)(H,37,38). The topological polar surface area (TPSA) is 82.5 Å². The first kappa shape index (κ1) is 27.3. The molecular formula is C32H26BrN3O3S. The van der Waals surface area contributed by atoms with E-state index in [0.29, 0.717) is 12.1 Å². The fourth-order valence-electron chi connectivity index (χ4n) is 4.23. The molecule has 40 heavy (non-hydrogen) atoms. The molecule has 0 fully saturated rings. The van der Waals surface area contributed by atoms with E-state index in [9.17, 15) is 9.59 Å². The van der Waals surface area contributed by atoms with Gasteiger partial charge < -0.3 is 15.3 Å². The van der Waals surface area contributed by atoms with Gasteiger partial charge >= 0.3 is 5.97 Å². The van der Waals surface area contributed by atoms with Crippen LogP contribution in [0.25, 0.3) is 22.4 Å². The molecule has 0 aliphatic carbocycles. The number of amides is 1. The second-order valence-electron chi connectivity index (χ2n) is 9.12. The molecule has 8 heteroatoms. The van der Waals surface area contributed by atoms with Crippen molar-refractivity contribution in [1.82, 2.24) is 10.3 Å². The average Bonchev–Trinajstić information content (AvgIpc) is 3.47. The van der Waals surface area contributed by atoms with E-state index in [1.807, 2.05) is 60.0 Å². The van der Waals surface area contributed by atoms with E-state index in [4.69, 9.17) is 10.1 Å². The maximum absolute atomic E-state index is 12.5. The molecule has 0 radical (unpaired) electrons. The Balaban J connectivity index is 1.42. The Morgan fingerprint density at radius 3 is 2.25 bits per heavy atom. The van der Waals surface area contributed by atoms with Gasteiger partial charge in [0.25, 0.3) is 5.91 Å². The number of hydrogen-bond acceptors (Lipinski definition) is 5. The number of carbonyl (C=O) groups is 2. The molecule has 5 rings (SSSR count). The highest BCUT2D eigenvalue weighted by molar-refractivity contribution is 9.10. The van der Waals surface area contributed by atoms with Crippen LogP contribution in [-0.2, 0) is 11.3 Å². The Kier molecular flexibility index (Phi) is 8.68. The Labute approximate surface area is 245 Å². The first-order chi connectivity index (χ1) is 19.5. The van der Waals surface area contributed by atoms with Gasteiger partial charge in [-0.1, -0.05) is 82.7 Å². The Morgan fingerprint density at radius 1 is 0.850 bits per heavy atom. The van der Waals surface area contributed by atoms with Gasteiger partial charge in [-0.25, -0.2) is 4.98 Å². The van der Waals surface area contributed by atoms with Gasteiger partial charge in [0.1, 0.15) is 0 Å². The normalized spacial score (nSPS) is 10.7. The SMILES string of the molecule is O=C(O)CCNC(=O)c1ccc(N(Cc2ccc(-c3ccccc3)cc2)c2nc(-c3cccc(Br)c3)cs2)cc1. The zero-order valence-electron chi connectivity index (χ0n) is 21.5. The molecule has 6 nitrogen and oxygen atoms in total. The highest BCUT2D eigenvalue weighted by atomic mass is 79.9. The maximum atomic E-state index is 12.5. The zero-order valence-corrected chi connectivity index (χ0v) is 23.9. The number of halogens is 1. The lowest BCUT2D eigenvalue weighted by Gasteiger charge is -2.23. The number of aliphatic carboxylic acids is 1. The van der Waals surface area contributed by atoms with Crippen LogP contribution in [0.2, 0.25) is 0 Å². The van der Waals surface area contributed by atoms with Gasteiger partial charge in [-0.2, -0.15) is 0 Å². The summed E-state index contributed by atoms with van der Waals surface area (Å²) in [6, 6.07) is 34.1. The highest BCUT2D eigenvalue weighted by Gasteiger charge is 2.17. The summed E-state index contributed by atoms with van der Waals surface area (Å²) in [5.41, 5.74) is 6.72. The van der Waals surface area contributed by atoms with Crippen LogP contribution < -0.4 is 10.2 Å². The van der Waals surface area contributed by atoms with Crippen molar-refractivity contribution in [3.05, 3.63) is 124 Å². The van der Waals surface area contributed by atoms with Crippen molar-refractivity contribution < 1.29 is 14.7 Å². The van der Waals surface area contributed by atoms with Crippen LogP contribution in [0, 0.1) is 0 Å². The smallest absolute Gasteiger partial charge is 0.305 e. The van der Waals surface area contributed by atoms with Crippen LogP contribution in [0.5, 0.6) is 0 Å². The summed E-state index contributed by atoms with van der Waals surface area (Å²) in [6.45, 7) is 0.670. The van der Waals surface area contributed by atoms with Gasteiger partial charge in [0.05, 0.1) is 18.7 Å². The minimum atomic E-state index is -0.950. The van der Waals surface area contributed by atoms with Crippen LogP contribution in [-0.4, -0.2) is 28.5 Å². The maximum Gasteiger partial charge on any atom is 0.305 e. The van der Waals surface area contributed by atoms with E-state index in [2.05, 4.69) is 62.5 Å². The molecule has 5 aromatic rings. The molecule has 0 unspecified atom stereocenters. The molecule has 4 aromatic carbocycles. The van der Waals surface area contributed by atoms with Crippen molar-refractivity contribution >= 4 is 50.0 Å². The Hall–Kier alpha value is -4.27. The van der Waals surface area contributed by atoms with Gasteiger partial charge in [0, 0.05) is 33.2 Å². The van der Waals surface area contributed by atoms with Gasteiger partial charge in [-0.05, 0) is 53.1 Å². The predicted octanol–water partition coefficient (Wildman–Crippen LogP) is 7.78. The second kappa shape index (κ2) is 12.7. The third-order valence-corrected chi connectivity index (χ3v) is 7.67. The predicted molar refractivity (Wildman–Crippen MR) is 164 cm³/mol. The molecule has 0 saturated carbocycles. The lowest BCUT2D eigenvalue weighted by Crippen LogP contribution is -2.26. The number of carbonyl (C=O) groups excluding carboxylic acids is 1. The van der Waals surface area contributed by atoms with Crippen LogP contribution in [0.3, 0.4) is 0 Å². The zero-order chi connectivity index (χ0) is 27.9. The average molecular weight is 613 g/mol. The quantitative estimate of drug-likeness (QED) is 0.168. The summed E-state index contributed by atoms with van der Waals surface area (Å²) in [5.74, 6) is -1.25. The largest absolute Gasteiger partial charge is 0.481 e. The van der Waals surface area contributed by atoms with Gasteiger partial charge in [0.15, 0.2) is 5.13 Å². The number of anilines is 2. The number of carboxylic acids is 1. The first-order valence-corrected chi connectivity index (χ1v) is 14.4. The molecule has 1 heterocycles. The Bertz CT molecular complexity index is 1600. The number of nitrogens with one attached hydrogen (secondary N) is 1. The Morgan fingerprint density at radius 2 is 1.55 bits per heavy atom. The molecule has 2 N–H and O–H groups in total. The summed E-state index contributed by atoms with van der Waals surface area (Å²) in [5, 5.41) is 14.4. The van der Waals surface area contributed by atoms with Crippen molar-refractivity contribution in [2.45, 2.75) is 13.0 Å². The van der Waals surface area contributed by atoms with Crippen molar-refractivity contribution in [3.63, 3.8) is 0 Å². The third-order valence-electron chi connectivity index (χ3n) is 6.31. The molecule has 0 spiro atoms. The van der Waals surface area contributed by atoms with Gasteiger partial charge in [-0.15, -0.1) is 11.3 Å². The summed E-state index contributed by atoms with van der Waals surface area (Å²) in [6.07, 6.45) is -0.120. The first-order valence-electron chi connectivity index (χ1n) is 12.7. The summed E-state index contributed by atoms with van der Waals surface area (Å²) in [7, 11) is 0. The van der Waals surface area contributed by atoms with Gasteiger partial charge in [-0.3, -0.25) is 9.59 Å². The van der Waals surface area contributed by atoms with E-state index in [-0.39, 0.29) is 18.9 Å². The third kappa shape index (κ3) is 6.83. The molecule has 0 atom stereocenters. The number of rotatable bonds is 10. The van der Waals surface area contributed by atoms with Crippen molar-refractivity contribution in [3.8, 4) is 22.4 Å². The van der Waals surface area contributed by atoms with E-state index in [0.717, 1.165) is 37.7 Å².